The van der Waals surface area contributed by atoms with E-state index in [4.69, 9.17) is 19.5 Å². The van der Waals surface area contributed by atoms with Crippen LogP contribution in [0, 0.1) is 18.3 Å². The largest absolute Gasteiger partial charge is 0.496 e. The Morgan fingerprint density at radius 2 is 1.35 bits per heavy atom. The highest BCUT2D eigenvalue weighted by molar-refractivity contribution is 7.92. The maximum Gasteiger partial charge on any atom is 0.189 e. The summed E-state index contributed by atoms with van der Waals surface area (Å²) in [5.74, 6) is 1.16. The summed E-state index contributed by atoms with van der Waals surface area (Å²) < 4.78 is 43.9. The van der Waals surface area contributed by atoms with E-state index in [1.165, 1.54) is 21.3 Å². The maximum absolute atomic E-state index is 13.8. The van der Waals surface area contributed by atoms with Crippen LogP contribution in [0.1, 0.15) is 27.5 Å². The molecule has 0 aliphatic rings. The zero-order valence-electron chi connectivity index (χ0n) is 17.7. The van der Waals surface area contributed by atoms with E-state index in [-0.39, 0.29) is 4.90 Å². The standard InChI is InChI=1S/C24H23NO5S/c1-16-5-11-19(12-6-16)31(26,27)24(18-9-7-17(15-25)8-10-18)20-13-22(29-3)23(30-4)14-21(20)28-2/h5-14,24H,1-4H3. The number of nitrogens with zero attached hydrogens (tertiary/aromatic N) is 1. The lowest BCUT2D eigenvalue weighted by Gasteiger charge is -2.23. The van der Waals surface area contributed by atoms with Crippen LogP contribution < -0.4 is 14.2 Å². The van der Waals surface area contributed by atoms with Gasteiger partial charge in [-0.3, -0.25) is 0 Å². The molecule has 0 N–H and O–H groups in total. The summed E-state index contributed by atoms with van der Waals surface area (Å²) in [6.07, 6.45) is 0. The first-order valence-electron chi connectivity index (χ1n) is 9.46. The molecule has 0 saturated heterocycles. The van der Waals surface area contributed by atoms with Gasteiger partial charge in [-0.1, -0.05) is 29.8 Å². The van der Waals surface area contributed by atoms with Gasteiger partial charge in [0.2, 0.25) is 0 Å². The minimum atomic E-state index is -3.88. The van der Waals surface area contributed by atoms with Gasteiger partial charge < -0.3 is 14.2 Å². The van der Waals surface area contributed by atoms with Crippen molar-refractivity contribution in [3.63, 3.8) is 0 Å². The van der Waals surface area contributed by atoms with Crippen LogP contribution in [0.2, 0.25) is 0 Å². The van der Waals surface area contributed by atoms with Gasteiger partial charge in [0.05, 0.1) is 37.9 Å². The molecular formula is C24H23NO5S. The third kappa shape index (κ3) is 4.35. The molecule has 1 atom stereocenters. The highest BCUT2D eigenvalue weighted by Crippen LogP contribution is 2.44. The van der Waals surface area contributed by atoms with Crippen molar-refractivity contribution < 1.29 is 22.6 Å². The third-order valence-corrected chi connectivity index (χ3v) is 7.10. The molecule has 3 aromatic rings. The first-order chi connectivity index (χ1) is 14.8. The van der Waals surface area contributed by atoms with E-state index in [2.05, 4.69) is 6.07 Å². The van der Waals surface area contributed by atoms with Gasteiger partial charge in [-0.2, -0.15) is 5.26 Å². The average Bonchev–Trinajstić information content (AvgIpc) is 2.79. The van der Waals surface area contributed by atoms with Crippen molar-refractivity contribution in [3.05, 3.63) is 82.9 Å². The third-order valence-electron chi connectivity index (χ3n) is 5.02. The van der Waals surface area contributed by atoms with Gasteiger partial charge in [-0.15, -0.1) is 0 Å². The van der Waals surface area contributed by atoms with Crippen molar-refractivity contribution in [2.75, 3.05) is 21.3 Å². The normalized spacial score (nSPS) is 12.0. The molecule has 3 aromatic carbocycles. The average molecular weight is 438 g/mol. The van der Waals surface area contributed by atoms with Crippen LogP contribution in [0.15, 0.2) is 65.6 Å². The summed E-state index contributed by atoms with van der Waals surface area (Å²) >= 11 is 0. The topological polar surface area (TPSA) is 85.6 Å². The number of hydrogen-bond donors (Lipinski definition) is 0. The van der Waals surface area contributed by atoms with E-state index < -0.39 is 15.1 Å². The smallest absolute Gasteiger partial charge is 0.189 e. The first-order valence-corrected chi connectivity index (χ1v) is 11.0. The fraction of sp³-hybridized carbons (Fsp3) is 0.208. The van der Waals surface area contributed by atoms with Crippen LogP contribution in [0.3, 0.4) is 0 Å². The number of hydrogen-bond acceptors (Lipinski definition) is 6. The molecule has 0 saturated carbocycles. The maximum atomic E-state index is 13.8. The predicted octanol–water partition coefficient (Wildman–Crippen LogP) is 4.46. The molecule has 0 heterocycles. The number of sulfone groups is 1. The second kappa shape index (κ2) is 9.11. The molecule has 0 aliphatic carbocycles. The number of nitriles is 1. The van der Waals surface area contributed by atoms with Crippen molar-refractivity contribution in [1.29, 1.82) is 5.26 Å². The second-order valence-corrected chi connectivity index (χ2v) is 8.95. The lowest BCUT2D eigenvalue weighted by atomic mass is 10.0. The summed E-state index contributed by atoms with van der Waals surface area (Å²) in [6.45, 7) is 1.89. The molecule has 0 amide bonds. The number of rotatable bonds is 7. The molecule has 31 heavy (non-hydrogen) atoms. The van der Waals surface area contributed by atoms with Crippen LogP contribution in [0.5, 0.6) is 17.2 Å². The van der Waals surface area contributed by atoms with Crippen LogP contribution in [0.4, 0.5) is 0 Å². The van der Waals surface area contributed by atoms with E-state index in [0.717, 1.165) is 5.56 Å². The van der Waals surface area contributed by atoms with Crippen molar-refractivity contribution in [3.8, 4) is 23.3 Å². The predicted molar refractivity (Wildman–Crippen MR) is 117 cm³/mol. The lowest BCUT2D eigenvalue weighted by Crippen LogP contribution is -2.16. The Kier molecular flexibility index (Phi) is 6.52. The molecular weight excluding hydrogens is 414 g/mol. The molecule has 0 bridgehead atoms. The lowest BCUT2D eigenvalue weighted by molar-refractivity contribution is 0.347. The molecule has 0 aromatic heterocycles. The number of methoxy groups -OCH3 is 3. The molecule has 0 radical (unpaired) electrons. The highest BCUT2D eigenvalue weighted by atomic mass is 32.2. The zero-order chi connectivity index (χ0) is 22.6. The molecule has 7 heteroatoms. The van der Waals surface area contributed by atoms with Crippen molar-refractivity contribution in [1.82, 2.24) is 0 Å². The van der Waals surface area contributed by atoms with Crippen LogP contribution in [-0.4, -0.2) is 29.7 Å². The number of aryl methyl sites for hydroxylation is 1. The van der Waals surface area contributed by atoms with E-state index in [9.17, 15) is 8.42 Å². The Morgan fingerprint density at radius 3 is 1.87 bits per heavy atom. The van der Waals surface area contributed by atoms with E-state index >= 15 is 0 Å². The van der Waals surface area contributed by atoms with Gasteiger partial charge in [0, 0.05) is 11.6 Å². The molecule has 6 nitrogen and oxygen atoms in total. The van der Waals surface area contributed by atoms with E-state index in [1.54, 1.807) is 60.7 Å². The Labute approximate surface area is 182 Å². The minimum absolute atomic E-state index is 0.185. The number of benzene rings is 3. The molecule has 0 aliphatic heterocycles. The second-order valence-electron chi connectivity index (χ2n) is 6.92. The molecule has 0 spiro atoms. The Hall–Kier alpha value is -3.50. The van der Waals surface area contributed by atoms with Crippen LogP contribution in [-0.2, 0) is 9.84 Å². The van der Waals surface area contributed by atoms with Gasteiger partial charge in [0.15, 0.2) is 21.3 Å². The summed E-state index contributed by atoms with van der Waals surface area (Å²) in [6, 6.07) is 18.5. The molecule has 1 unspecified atom stereocenters. The zero-order valence-corrected chi connectivity index (χ0v) is 18.6. The summed E-state index contributed by atoms with van der Waals surface area (Å²) in [7, 11) is 0.575. The van der Waals surface area contributed by atoms with E-state index in [1.807, 2.05) is 6.92 Å². The molecule has 160 valence electrons. The van der Waals surface area contributed by atoms with Crippen LogP contribution in [0.25, 0.3) is 0 Å². The van der Waals surface area contributed by atoms with Gasteiger partial charge in [-0.25, -0.2) is 8.42 Å². The quantitative estimate of drug-likeness (QED) is 0.543. The van der Waals surface area contributed by atoms with Gasteiger partial charge in [-0.05, 0) is 42.8 Å². The fourth-order valence-electron chi connectivity index (χ4n) is 3.38. The van der Waals surface area contributed by atoms with Gasteiger partial charge in [0.25, 0.3) is 0 Å². The van der Waals surface area contributed by atoms with Crippen molar-refractivity contribution >= 4 is 9.84 Å². The van der Waals surface area contributed by atoms with Crippen molar-refractivity contribution in [2.45, 2.75) is 17.1 Å². The summed E-state index contributed by atoms with van der Waals surface area (Å²) in [5, 5.41) is 8.05. The van der Waals surface area contributed by atoms with Crippen molar-refractivity contribution in [2.24, 2.45) is 0 Å². The Balaban J connectivity index is 2.31. The van der Waals surface area contributed by atoms with Gasteiger partial charge in [0.1, 0.15) is 11.0 Å². The Morgan fingerprint density at radius 1 is 0.806 bits per heavy atom. The summed E-state index contributed by atoms with van der Waals surface area (Å²) in [5.41, 5.74) is 2.31. The number of ether oxygens (including phenoxy) is 3. The van der Waals surface area contributed by atoms with E-state index in [0.29, 0.717) is 33.9 Å². The monoisotopic (exact) mass is 437 g/mol. The Bertz CT molecular complexity index is 1210. The molecule has 3 rings (SSSR count). The minimum Gasteiger partial charge on any atom is -0.496 e. The highest BCUT2D eigenvalue weighted by Gasteiger charge is 2.34. The fourth-order valence-corrected chi connectivity index (χ4v) is 5.20. The SMILES string of the molecule is COc1cc(OC)c(C(c2ccc(C#N)cc2)S(=O)(=O)c2ccc(C)cc2)cc1OC. The first kappa shape index (κ1) is 22.2. The summed E-state index contributed by atoms with van der Waals surface area (Å²) in [4.78, 5) is 0.185. The van der Waals surface area contributed by atoms with Gasteiger partial charge >= 0.3 is 0 Å². The molecule has 0 fully saturated rings. The van der Waals surface area contributed by atoms with Crippen LogP contribution >= 0.6 is 0 Å².